The number of rotatable bonds is 4. The van der Waals surface area contributed by atoms with Gasteiger partial charge in [-0.2, -0.15) is 10.5 Å². The third-order valence-corrected chi connectivity index (χ3v) is 8.16. The zero-order chi connectivity index (χ0) is 24.0. The number of imidazole rings is 1. The van der Waals surface area contributed by atoms with E-state index in [1.165, 1.54) is 24.5 Å². The number of aliphatic hydroxyl groups excluding tert-OH is 1. The van der Waals surface area contributed by atoms with Crippen molar-refractivity contribution in [3.05, 3.63) is 54.1 Å². The first kappa shape index (κ1) is 22.1. The molecule has 3 heterocycles. The average Bonchev–Trinajstić information content (AvgIpc) is 3.43. The van der Waals surface area contributed by atoms with Crippen LogP contribution in [0.25, 0.3) is 22.1 Å². The molecule has 3 aromatic heterocycles. The highest BCUT2D eigenvalue weighted by Crippen LogP contribution is 2.39. The molecule has 1 N–H and O–H groups in total. The first-order valence-electron chi connectivity index (χ1n) is 11.1. The highest BCUT2D eigenvalue weighted by Gasteiger charge is 2.30. The molecule has 34 heavy (non-hydrogen) atoms. The van der Waals surface area contributed by atoms with Gasteiger partial charge in [-0.1, -0.05) is 18.2 Å². The van der Waals surface area contributed by atoms with E-state index >= 15 is 0 Å². The van der Waals surface area contributed by atoms with Crippen molar-refractivity contribution < 1.29 is 13.5 Å². The van der Waals surface area contributed by atoms with E-state index < -0.39 is 16.1 Å². The van der Waals surface area contributed by atoms with Crippen LogP contribution in [0.4, 0.5) is 0 Å². The summed E-state index contributed by atoms with van der Waals surface area (Å²) in [6.07, 6.45) is 4.80. The standard InChI is InChI=1S/C24H22N6O3S/c1-15(31)23-28-20-13-27-24-21(22(20)30(23)18-9-7-16(11-25)8-10-18)17(12-26)14-29(24)34(32,33)19-5-3-2-4-6-19/h2-6,13-16,18,31H,7-10H2,1H3/t15-,16?,18?/m1/s1. The van der Waals surface area contributed by atoms with Crippen LogP contribution in [0.2, 0.25) is 0 Å². The van der Waals surface area contributed by atoms with Crippen LogP contribution in [0.1, 0.15) is 56.1 Å². The van der Waals surface area contributed by atoms with Gasteiger partial charge in [-0.3, -0.25) is 0 Å². The van der Waals surface area contributed by atoms with Crippen LogP contribution < -0.4 is 0 Å². The van der Waals surface area contributed by atoms with Crippen molar-refractivity contribution in [2.24, 2.45) is 5.92 Å². The summed E-state index contributed by atoms with van der Waals surface area (Å²) in [6.45, 7) is 1.62. The molecule has 1 aliphatic carbocycles. The molecule has 1 aromatic carbocycles. The number of aliphatic hydroxyl groups is 1. The minimum atomic E-state index is -3.99. The summed E-state index contributed by atoms with van der Waals surface area (Å²) in [5, 5.41) is 30.1. The van der Waals surface area contributed by atoms with Crippen molar-refractivity contribution in [1.82, 2.24) is 18.5 Å². The molecule has 0 radical (unpaired) electrons. The van der Waals surface area contributed by atoms with Crippen molar-refractivity contribution in [3.63, 3.8) is 0 Å². The van der Waals surface area contributed by atoms with Crippen molar-refractivity contribution >= 4 is 32.1 Å². The van der Waals surface area contributed by atoms with Gasteiger partial charge in [-0.05, 0) is 44.7 Å². The van der Waals surface area contributed by atoms with E-state index in [1.807, 2.05) is 4.57 Å². The van der Waals surface area contributed by atoms with Gasteiger partial charge in [0.1, 0.15) is 23.5 Å². The Bertz CT molecular complexity index is 1580. The molecule has 5 rings (SSSR count). The van der Waals surface area contributed by atoms with Crippen LogP contribution >= 0.6 is 0 Å². The Morgan fingerprint density at radius 3 is 2.47 bits per heavy atom. The van der Waals surface area contributed by atoms with Crippen LogP contribution in [0.3, 0.4) is 0 Å². The van der Waals surface area contributed by atoms with E-state index in [2.05, 4.69) is 22.1 Å². The SMILES string of the molecule is C[C@@H](O)c1nc2cnc3c(c(C#N)cn3S(=O)(=O)c3ccccc3)c2n1C1CCC(C#N)CC1. The summed E-state index contributed by atoms with van der Waals surface area (Å²) < 4.78 is 29.8. The molecule has 1 atom stereocenters. The fourth-order valence-electron chi connectivity index (χ4n) is 4.86. The molecule has 1 aliphatic rings. The van der Waals surface area contributed by atoms with Crippen molar-refractivity contribution in [2.45, 2.75) is 49.6 Å². The van der Waals surface area contributed by atoms with Crippen molar-refractivity contribution in [3.8, 4) is 12.1 Å². The highest BCUT2D eigenvalue weighted by molar-refractivity contribution is 7.90. The van der Waals surface area contributed by atoms with E-state index in [-0.39, 0.29) is 28.1 Å². The van der Waals surface area contributed by atoms with E-state index in [0.717, 1.165) is 29.7 Å². The molecule has 0 amide bonds. The van der Waals surface area contributed by atoms with Gasteiger partial charge in [0.05, 0.1) is 33.6 Å². The number of benzene rings is 1. The lowest BCUT2D eigenvalue weighted by molar-refractivity contribution is 0.177. The molecular weight excluding hydrogens is 452 g/mol. The second-order valence-electron chi connectivity index (χ2n) is 8.61. The zero-order valence-corrected chi connectivity index (χ0v) is 19.3. The topological polar surface area (TPSA) is 138 Å². The number of hydrogen-bond acceptors (Lipinski definition) is 7. The van der Waals surface area contributed by atoms with Gasteiger partial charge in [0, 0.05) is 18.2 Å². The number of hydrogen-bond donors (Lipinski definition) is 1. The largest absolute Gasteiger partial charge is 0.385 e. The number of nitrogens with zero attached hydrogens (tertiary/aromatic N) is 6. The summed E-state index contributed by atoms with van der Waals surface area (Å²) in [4.78, 5) is 9.07. The Morgan fingerprint density at radius 2 is 1.85 bits per heavy atom. The fourth-order valence-corrected chi connectivity index (χ4v) is 6.20. The summed E-state index contributed by atoms with van der Waals surface area (Å²) in [6, 6.07) is 12.4. The van der Waals surface area contributed by atoms with Gasteiger partial charge in [-0.15, -0.1) is 0 Å². The van der Waals surface area contributed by atoms with Gasteiger partial charge < -0.3 is 9.67 Å². The van der Waals surface area contributed by atoms with Crippen molar-refractivity contribution in [2.75, 3.05) is 0 Å². The third-order valence-electron chi connectivity index (χ3n) is 6.50. The summed E-state index contributed by atoms with van der Waals surface area (Å²) >= 11 is 0. The molecule has 10 heteroatoms. The Labute approximate surface area is 196 Å². The second-order valence-corrected chi connectivity index (χ2v) is 10.4. The molecule has 1 fully saturated rings. The molecule has 172 valence electrons. The number of fused-ring (bicyclic) bond motifs is 3. The molecule has 4 aromatic rings. The van der Waals surface area contributed by atoms with Crippen LogP contribution in [0, 0.1) is 28.6 Å². The van der Waals surface area contributed by atoms with E-state index in [0.29, 0.717) is 22.2 Å². The molecule has 0 unspecified atom stereocenters. The van der Waals surface area contributed by atoms with Gasteiger partial charge >= 0.3 is 0 Å². The summed E-state index contributed by atoms with van der Waals surface area (Å²) in [5.41, 5.74) is 1.37. The van der Waals surface area contributed by atoms with Crippen LogP contribution in [0.15, 0.2) is 47.6 Å². The number of nitriles is 2. The second kappa shape index (κ2) is 8.24. The van der Waals surface area contributed by atoms with Gasteiger partial charge in [0.15, 0.2) is 5.65 Å². The molecule has 0 saturated heterocycles. The molecule has 9 nitrogen and oxygen atoms in total. The maximum Gasteiger partial charge on any atom is 0.269 e. The quantitative estimate of drug-likeness (QED) is 0.475. The Morgan fingerprint density at radius 1 is 1.15 bits per heavy atom. The fraction of sp³-hybridized carbons (Fsp3) is 0.333. The summed E-state index contributed by atoms with van der Waals surface area (Å²) in [5.74, 6) is 0.432. The molecule has 1 saturated carbocycles. The Balaban J connectivity index is 1.80. The van der Waals surface area contributed by atoms with Crippen LogP contribution in [-0.4, -0.2) is 32.0 Å². The van der Waals surface area contributed by atoms with Crippen LogP contribution in [0.5, 0.6) is 0 Å². The smallest absolute Gasteiger partial charge is 0.269 e. The number of pyridine rings is 1. The minimum absolute atomic E-state index is 0.00510. The lowest BCUT2D eigenvalue weighted by Gasteiger charge is -2.28. The van der Waals surface area contributed by atoms with Gasteiger partial charge in [0.25, 0.3) is 10.0 Å². The minimum Gasteiger partial charge on any atom is -0.385 e. The maximum absolute atomic E-state index is 13.4. The maximum atomic E-state index is 13.4. The zero-order valence-electron chi connectivity index (χ0n) is 18.5. The highest BCUT2D eigenvalue weighted by atomic mass is 32.2. The average molecular weight is 475 g/mol. The number of aromatic nitrogens is 4. The van der Waals surface area contributed by atoms with E-state index in [9.17, 15) is 24.0 Å². The van der Waals surface area contributed by atoms with Gasteiger partial charge in [-0.25, -0.2) is 22.4 Å². The predicted octanol–water partition coefficient (Wildman–Crippen LogP) is 3.80. The van der Waals surface area contributed by atoms with E-state index in [4.69, 9.17) is 0 Å². The Kier molecular flexibility index (Phi) is 5.35. The normalized spacial score (nSPS) is 19.6. The Hall–Kier alpha value is -3.73. The lowest BCUT2D eigenvalue weighted by atomic mass is 9.86. The first-order chi connectivity index (χ1) is 16.4. The molecule has 0 aliphatic heterocycles. The monoisotopic (exact) mass is 474 g/mol. The lowest BCUT2D eigenvalue weighted by Crippen LogP contribution is -2.20. The first-order valence-corrected chi connectivity index (χ1v) is 12.5. The van der Waals surface area contributed by atoms with Crippen LogP contribution in [-0.2, 0) is 10.0 Å². The van der Waals surface area contributed by atoms with Gasteiger partial charge in [0.2, 0.25) is 0 Å². The predicted molar refractivity (Wildman–Crippen MR) is 124 cm³/mol. The third kappa shape index (κ3) is 3.35. The van der Waals surface area contributed by atoms with Crippen molar-refractivity contribution in [1.29, 1.82) is 10.5 Å². The summed E-state index contributed by atoms with van der Waals surface area (Å²) in [7, 11) is -3.99. The molecule has 0 spiro atoms. The molecular formula is C24H22N6O3S. The van der Waals surface area contributed by atoms with E-state index in [1.54, 1.807) is 25.1 Å². The molecule has 0 bridgehead atoms.